The molecule has 0 radical (unpaired) electrons. The molecule has 0 bridgehead atoms. The van der Waals surface area contributed by atoms with E-state index in [2.05, 4.69) is 17.4 Å². The van der Waals surface area contributed by atoms with Crippen LogP contribution in [-0.4, -0.2) is 33.0 Å². The molecule has 0 aliphatic heterocycles. The zero-order valence-electron chi connectivity index (χ0n) is 9.65. The van der Waals surface area contributed by atoms with Crippen molar-refractivity contribution < 1.29 is 8.42 Å². The minimum absolute atomic E-state index is 0.230. The second-order valence-corrected chi connectivity index (χ2v) is 6.19. The fraction of sp³-hybridized carbons (Fsp3) is 0.500. The van der Waals surface area contributed by atoms with Crippen molar-refractivity contribution >= 4 is 9.84 Å². The number of benzene rings is 1. The Morgan fingerprint density at radius 2 is 1.81 bits per heavy atom. The zero-order valence-corrected chi connectivity index (χ0v) is 10.5. The summed E-state index contributed by atoms with van der Waals surface area (Å²) in [6.45, 7) is 3.05. The Morgan fingerprint density at radius 3 is 2.44 bits per heavy atom. The van der Waals surface area contributed by atoms with Gasteiger partial charge in [0.05, 0.1) is 5.75 Å². The number of rotatable bonds is 7. The van der Waals surface area contributed by atoms with E-state index < -0.39 is 9.84 Å². The molecule has 0 atom stereocenters. The lowest BCUT2D eigenvalue weighted by molar-refractivity contribution is 0.592. The van der Waals surface area contributed by atoms with Crippen LogP contribution in [-0.2, 0) is 16.3 Å². The van der Waals surface area contributed by atoms with Gasteiger partial charge in [-0.3, -0.25) is 0 Å². The molecule has 0 spiro atoms. The second-order valence-electron chi connectivity index (χ2n) is 3.72. The molecule has 0 unspecified atom stereocenters. The molecule has 0 heterocycles. The Bertz CT molecular complexity index is 387. The Morgan fingerprint density at radius 1 is 1.12 bits per heavy atom. The van der Waals surface area contributed by atoms with Gasteiger partial charge in [0.25, 0.3) is 0 Å². The molecule has 0 saturated carbocycles. The number of hydrogen-bond acceptors (Lipinski definition) is 3. The lowest BCUT2D eigenvalue weighted by Crippen LogP contribution is -2.25. The molecule has 1 rings (SSSR count). The molecule has 0 aliphatic rings. The van der Waals surface area contributed by atoms with E-state index in [1.807, 2.05) is 18.2 Å². The molecule has 1 aromatic rings. The molecule has 0 fully saturated rings. The zero-order chi connectivity index (χ0) is 11.9. The van der Waals surface area contributed by atoms with E-state index >= 15 is 0 Å². The third-order valence-electron chi connectivity index (χ3n) is 2.46. The van der Waals surface area contributed by atoms with Crippen LogP contribution in [0.1, 0.15) is 12.5 Å². The van der Waals surface area contributed by atoms with Crippen LogP contribution in [0.2, 0.25) is 0 Å². The smallest absolute Gasteiger partial charge is 0.151 e. The van der Waals surface area contributed by atoms with Gasteiger partial charge in [0.1, 0.15) is 0 Å². The van der Waals surface area contributed by atoms with Gasteiger partial charge in [-0.1, -0.05) is 37.3 Å². The first-order chi connectivity index (χ1) is 7.64. The largest absolute Gasteiger partial charge is 0.315 e. The fourth-order valence-corrected chi connectivity index (χ4v) is 2.12. The predicted octanol–water partition coefficient (Wildman–Crippen LogP) is 1.25. The Hall–Kier alpha value is -0.870. The average molecular weight is 241 g/mol. The summed E-state index contributed by atoms with van der Waals surface area (Å²) in [6.07, 6.45) is 0.938. The third kappa shape index (κ3) is 5.28. The van der Waals surface area contributed by atoms with Crippen molar-refractivity contribution in [2.75, 3.05) is 24.6 Å². The van der Waals surface area contributed by atoms with Crippen molar-refractivity contribution in [2.45, 2.75) is 13.3 Å². The molecule has 0 aliphatic carbocycles. The van der Waals surface area contributed by atoms with Crippen LogP contribution in [0.25, 0.3) is 0 Å². The second kappa shape index (κ2) is 6.66. The standard InChI is InChI=1S/C12H19NO2S/c1-2-16(14,15)11-10-13-9-8-12-6-4-3-5-7-12/h3-7,13H,2,8-11H2,1H3. The highest BCUT2D eigenvalue weighted by Gasteiger charge is 2.05. The number of nitrogens with one attached hydrogen (secondary N) is 1. The molecule has 3 nitrogen and oxygen atoms in total. The molecule has 0 aromatic heterocycles. The van der Waals surface area contributed by atoms with Crippen molar-refractivity contribution in [3.05, 3.63) is 35.9 Å². The molecular formula is C12H19NO2S. The first-order valence-corrected chi connectivity index (χ1v) is 7.41. The molecule has 0 amide bonds. The first-order valence-electron chi connectivity index (χ1n) is 5.59. The van der Waals surface area contributed by atoms with Gasteiger partial charge >= 0.3 is 0 Å². The topological polar surface area (TPSA) is 46.2 Å². The summed E-state index contributed by atoms with van der Waals surface area (Å²) in [5.41, 5.74) is 1.27. The van der Waals surface area contributed by atoms with Crippen LogP contribution in [0.4, 0.5) is 0 Å². The van der Waals surface area contributed by atoms with Crippen LogP contribution in [0.15, 0.2) is 30.3 Å². The molecule has 16 heavy (non-hydrogen) atoms. The van der Waals surface area contributed by atoms with E-state index in [4.69, 9.17) is 0 Å². The fourth-order valence-electron chi connectivity index (χ4n) is 1.37. The highest BCUT2D eigenvalue weighted by atomic mass is 32.2. The van der Waals surface area contributed by atoms with Gasteiger partial charge < -0.3 is 5.32 Å². The Balaban J connectivity index is 2.14. The summed E-state index contributed by atoms with van der Waals surface area (Å²) < 4.78 is 22.4. The van der Waals surface area contributed by atoms with Crippen LogP contribution in [0.5, 0.6) is 0 Å². The molecule has 90 valence electrons. The van der Waals surface area contributed by atoms with E-state index in [-0.39, 0.29) is 11.5 Å². The Kier molecular flexibility index (Phi) is 5.49. The lowest BCUT2D eigenvalue weighted by atomic mass is 10.1. The van der Waals surface area contributed by atoms with Gasteiger partial charge in [-0.2, -0.15) is 0 Å². The van der Waals surface area contributed by atoms with Gasteiger partial charge in [0, 0.05) is 12.3 Å². The minimum Gasteiger partial charge on any atom is -0.315 e. The molecule has 1 aromatic carbocycles. The van der Waals surface area contributed by atoms with Crippen molar-refractivity contribution in [1.82, 2.24) is 5.32 Å². The van der Waals surface area contributed by atoms with E-state index in [1.165, 1.54) is 5.56 Å². The van der Waals surface area contributed by atoms with Crippen LogP contribution < -0.4 is 5.32 Å². The maximum atomic E-state index is 11.2. The van der Waals surface area contributed by atoms with Crippen molar-refractivity contribution in [3.63, 3.8) is 0 Å². The predicted molar refractivity (Wildman–Crippen MR) is 67.3 cm³/mol. The summed E-state index contributed by atoms with van der Waals surface area (Å²) in [5, 5.41) is 3.15. The molecular weight excluding hydrogens is 222 g/mol. The Labute approximate surface area is 97.8 Å². The SMILES string of the molecule is CCS(=O)(=O)CCNCCc1ccccc1. The third-order valence-corrected chi connectivity index (χ3v) is 4.17. The highest BCUT2D eigenvalue weighted by Crippen LogP contribution is 1.98. The first kappa shape index (κ1) is 13.2. The van der Waals surface area contributed by atoms with Crippen molar-refractivity contribution in [1.29, 1.82) is 0 Å². The average Bonchev–Trinajstić information content (AvgIpc) is 2.30. The summed E-state index contributed by atoms with van der Waals surface area (Å²) in [6, 6.07) is 10.2. The normalized spacial score (nSPS) is 11.6. The van der Waals surface area contributed by atoms with Crippen LogP contribution >= 0.6 is 0 Å². The maximum Gasteiger partial charge on any atom is 0.151 e. The van der Waals surface area contributed by atoms with Gasteiger partial charge in [0.15, 0.2) is 9.84 Å². The number of hydrogen-bond donors (Lipinski definition) is 1. The van der Waals surface area contributed by atoms with E-state index in [9.17, 15) is 8.42 Å². The van der Waals surface area contributed by atoms with Crippen molar-refractivity contribution in [3.8, 4) is 0 Å². The summed E-state index contributed by atoms with van der Waals surface area (Å²) in [4.78, 5) is 0. The van der Waals surface area contributed by atoms with E-state index in [0.717, 1.165) is 13.0 Å². The molecule has 4 heteroatoms. The highest BCUT2D eigenvalue weighted by molar-refractivity contribution is 7.91. The minimum atomic E-state index is -2.83. The summed E-state index contributed by atoms with van der Waals surface area (Å²) >= 11 is 0. The van der Waals surface area contributed by atoms with Gasteiger partial charge in [-0.15, -0.1) is 0 Å². The van der Waals surface area contributed by atoms with Gasteiger partial charge in [-0.25, -0.2) is 8.42 Å². The van der Waals surface area contributed by atoms with Gasteiger partial charge in [0.2, 0.25) is 0 Å². The van der Waals surface area contributed by atoms with Gasteiger partial charge in [-0.05, 0) is 18.5 Å². The monoisotopic (exact) mass is 241 g/mol. The van der Waals surface area contributed by atoms with Crippen LogP contribution in [0.3, 0.4) is 0 Å². The quantitative estimate of drug-likeness (QED) is 0.731. The maximum absolute atomic E-state index is 11.2. The van der Waals surface area contributed by atoms with Crippen LogP contribution in [0, 0.1) is 0 Å². The van der Waals surface area contributed by atoms with E-state index in [0.29, 0.717) is 6.54 Å². The molecule has 0 saturated heterocycles. The number of sulfone groups is 1. The van der Waals surface area contributed by atoms with Crippen molar-refractivity contribution in [2.24, 2.45) is 0 Å². The lowest BCUT2D eigenvalue weighted by Gasteiger charge is -2.04. The molecule has 1 N–H and O–H groups in total. The summed E-state index contributed by atoms with van der Waals surface area (Å²) in [5.74, 6) is 0.464. The van der Waals surface area contributed by atoms with E-state index in [1.54, 1.807) is 6.92 Å². The summed E-state index contributed by atoms with van der Waals surface area (Å²) in [7, 11) is -2.83.